The zero-order chi connectivity index (χ0) is 17.0. The Morgan fingerprint density at radius 2 is 1.83 bits per heavy atom. The standard InChI is InChI=1S/C16H13Cl2FN2O2/c1-10(22)21(15-5-3-2-4-14(15)19)9-16(23)20-11-6-7-12(17)13(18)8-11/h2-8H,9H2,1H3,(H,20,23). The van der Waals surface area contributed by atoms with Gasteiger partial charge in [-0.15, -0.1) is 0 Å². The summed E-state index contributed by atoms with van der Waals surface area (Å²) < 4.78 is 13.8. The summed E-state index contributed by atoms with van der Waals surface area (Å²) in [6, 6.07) is 10.4. The van der Waals surface area contributed by atoms with Crippen molar-refractivity contribution in [2.24, 2.45) is 0 Å². The number of benzene rings is 2. The van der Waals surface area contributed by atoms with Crippen LogP contribution in [0.25, 0.3) is 0 Å². The molecule has 2 aromatic carbocycles. The van der Waals surface area contributed by atoms with E-state index in [-0.39, 0.29) is 12.2 Å². The first-order chi connectivity index (χ1) is 10.9. The lowest BCUT2D eigenvalue weighted by Gasteiger charge is -2.21. The fourth-order valence-corrected chi connectivity index (χ4v) is 2.25. The molecule has 0 saturated heterocycles. The van der Waals surface area contributed by atoms with Gasteiger partial charge < -0.3 is 10.2 Å². The van der Waals surface area contributed by atoms with Crippen LogP contribution in [0.2, 0.25) is 10.0 Å². The summed E-state index contributed by atoms with van der Waals surface area (Å²) in [4.78, 5) is 24.9. The Kier molecular flexibility index (Phi) is 5.58. The van der Waals surface area contributed by atoms with E-state index in [1.165, 1.54) is 31.2 Å². The fraction of sp³-hybridized carbons (Fsp3) is 0.125. The molecule has 0 saturated carbocycles. The van der Waals surface area contributed by atoms with Crippen LogP contribution in [-0.2, 0) is 9.59 Å². The Labute approximate surface area is 142 Å². The Morgan fingerprint density at radius 1 is 1.13 bits per heavy atom. The van der Waals surface area contributed by atoms with Crippen LogP contribution in [0.1, 0.15) is 6.92 Å². The minimum Gasteiger partial charge on any atom is -0.324 e. The van der Waals surface area contributed by atoms with Crippen molar-refractivity contribution in [3.05, 3.63) is 58.3 Å². The van der Waals surface area contributed by atoms with Crippen LogP contribution in [0.3, 0.4) is 0 Å². The van der Waals surface area contributed by atoms with Gasteiger partial charge in [0.05, 0.1) is 15.7 Å². The Bertz CT molecular complexity index is 753. The first kappa shape index (κ1) is 17.2. The number of hydrogen-bond donors (Lipinski definition) is 1. The van der Waals surface area contributed by atoms with Crippen molar-refractivity contribution >= 4 is 46.4 Å². The number of carbonyl (C=O) groups excluding carboxylic acids is 2. The third kappa shape index (κ3) is 4.43. The molecular formula is C16H13Cl2FN2O2. The van der Waals surface area contributed by atoms with Crippen molar-refractivity contribution < 1.29 is 14.0 Å². The van der Waals surface area contributed by atoms with Crippen LogP contribution in [0.15, 0.2) is 42.5 Å². The van der Waals surface area contributed by atoms with E-state index >= 15 is 0 Å². The number of nitrogens with zero attached hydrogens (tertiary/aromatic N) is 1. The monoisotopic (exact) mass is 354 g/mol. The second-order valence-corrected chi connectivity index (χ2v) is 5.55. The van der Waals surface area contributed by atoms with Gasteiger partial charge in [0.15, 0.2) is 0 Å². The first-order valence-corrected chi connectivity index (χ1v) is 7.41. The predicted octanol–water partition coefficient (Wildman–Crippen LogP) is 4.12. The number of rotatable bonds is 4. The third-order valence-electron chi connectivity index (χ3n) is 3.03. The molecule has 0 bridgehead atoms. The number of nitrogens with one attached hydrogen (secondary N) is 1. The van der Waals surface area contributed by atoms with Gasteiger partial charge in [0.2, 0.25) is 11.8 Å². The third-order valence-corrected chi connectivity index (χ3v) is 3.77. The van der Waals surface area contributed by atoms with Gasteiger partial charge in [0.1, 0.15) is 12.4 Å². The Morgan fingerprint density at radius 3 is 2.43 bits per heavy atom. The van der Waals surface area contributed by atoms with Gasteiger partial charge in [0, 0.05) is 12.6 Å². The Balaban J connectivity index is 2.14. The van der Waals surface area contributed by atoms with Crippen LogP contribution < -0.4 is 10.2 Å². The highest BCUT2D eigenvalue weighted by Crippen LogP contribution is 2.25. The maximum absolute atomic E-state index is 13.8. The number of halogens is 3. The van der Waals surface area contributed by atoms with Crippen LogP contribution in [-0.4, -0.2) is 18.4 Å². The smallest absolute Gasteiger partial charge is 0.244 e. The summed E-state index contributed by atoms with van der Waals surface area (Å²) in [6.45, 7) is 0.940. The molecule has 1 N–H and O–H groups in total. The lowest BCUT2D eigenvalue weighted by atomic mass is 10.2. The van der Waals surface area contributed by atoms with Gasteiger partial charge in [-0.2, -0.15) is 0 Å². The van der Waals surface area contributed by atoms with E-state index in [9.17, 15) is 14.0 Å². The highest BCUT2D eigenvalue weighted by molar-refractivity contribution is 6.42. The molecule has 0 aromatic heterocycles. The molecule has 2 aromatic rings. The van der Waals surface area contributed by atoms with E-state index < -0.39 is 17.6 Å². The van der Waals surface area contributed by atoms with Crippen LogP contribution in [0, 0.1) is 5.82 Å². The molecule has 4 nitrogen and oxygen atoms in total. The van der Waals surface area contributed by atoms with E-state index in [1.807, 2.05) is 0 Å². The highest BCUT2D eigenvalue weighted by Gasteiger charge is 2.19. The van der Waals surface area contributed by atoms with Crippen molar-refractivity contribution in [2.75, 3.05) is 16.8 Å². The molecule has 0 aliphatic heterocycles. The van der Waals surface area contributed by atoms with Crippen LogP contribution >= 0.6 is 23.2 Å². The van der Waals surface area contributed by atoms with Crippen molar-refractivity contribution in [3.63, 3.8) is 0 Å². The quantitative estimate of drug-likeness (QED) is 0.897. The zero-order valence-electron chi connectivity index (χ0n) is 12.1. The second-order valence-electron chi connectivity index (χ2n) is 4.73. The van der Waals surface area contributed by atoms with Gasteiger partial charge in [0.25, 0.3) is 0 Å². The topological polar surface area (TPSA) is 49.4 Å². The molecule has 0 spiro atoms. The molecule has 0 unspecified atom stereocenters. The minimum atomic E-state index is -0.579. The zero-order valence-corrected chi connectivity index (χ0v) is 13.7. The molecule has 0 aliphatic rings. The van der Waals surface area contributed by atoms with Gasteiger partial charge in [-0.1, -0.05) is 35.3 Å². The van der Waals surface area contributed by atoms with E-state index in [4.69, 9.17) is 23.2 Å². The summed E-state index contributed by atoms with van der Waals surface area (Å²) in [5.41, 5.74) is 0.478. The number of para-hydroxylation sites is 1. The molecule has 0 atom stereocenters. The summed E-state index contributed by atoms with van der Waals surface area (Å²) >= 11 is 11.7. The van der Waals surface area contributed by atoms with E-state index in [1.54, 1.807) is 18.2 Å². The van der Waals surface area contributed by atoms with Crippen molar-refractivity contribution in [1.82, 2.24) is 0 Å². The molecule has 120 valence electrons. The molecule has 0 fully saturated rings. The maximum Gasteiger partial charge on any atom is 0.244 e. The normalized spacial score (nSPS) is 10.3. The minimum absolute atomic E-state index is 0.0456. The maximum atomic E-state index is 13.8. The number of carbonyl (C=O) groups is 2. The molecule has 7 heteroatoms. The molecule has 0 radical (unpaired) electrons. The highest BCUT2D eigenvalue weighted by atomic mass is 35.5. The molecule has 23 heavy (non-hydrogen) atoms. The molecule has 2 amide bonds. The fourth-order valence-electron chi connectivity index (χ4n) is 1.95. The van der Waals surface area contributed by atoms with Crippen molar-refractivity contribution in [1.29, 1.82) is 0 Å². The van der Waals surface area contributed by atoms with Gasteiger partial charge in [-0.25, -0.2) is 4.39 Å². The molecule has 0 heterocycles. The van der Waals surface area contributed by atoms with Crippen molar-refractivity contribution in [2.45, 2.75) is 6.92 Å². The van der Waals surface area contributed by atoms with Crippen LogP contribution in [0.4, 0.5) is 15.8 Å². The van der Waals surface area contributed by atoms with E-state index in [2.05, 4.69) is 5.32 Å². The molecule has 0 aliphatic carbocycles. The largest absolute Gasteiger partial charge is 0.324 e. The van der Waals surface area contributed by atoms with E-state index in [0.29, 0.717) is 15.7 Å². The molecular weight excluding hydrogens is 342 g/mol. The van der Waals surface area contributed by atoms with Crippen LogP contribution in [0.5, 0.6) is 0 Å². The summed E-state index contributed by atoms with van der Waals surface area (Å²) in [7, 11) is 0. The predicted molar refractivity (Wildman–Crippen MR) is 89.5 cm³/mol. The average molecular weight is 355 g/mol. The van der Waals surface area contributed by atoms with Crippen molar-refractivity contribution in [3.8, 4) is 0 Å². The summed E-state index contributed by atoms with van der Waals surface area (Å²) in [6.07, 6.45) is 0. The number of hydrogen-bond acceptors (Lipinski definition) is 2. The average Bonchev–Trinajstić information content (AvgIpc) is 2.49. The first-order valence-electron chi connectivity index (χ1n) is 6.66. The number of amides is 2. The SMILES string of the molecule is CC(=O)N(CC(=O)Nc1ccc(Cl)c(Cl)c1)c1ccccc1F. The van der Waals surface area contributed by atoms with Gasteiger partial charge in [-0.3, -0.25) is 9.59 Å². The lowest BCUT2D eigenvalue weighted by Crippen LogP contribution is -2.37. The molecule has 2 rings (SSSR count). The lowest BCUT2D eigenvalue weighted by molar-refractivity contribution is -0.120. The second kappa shape index (κ2) is 7.44. The van der Waals surface area contributed by atoms with Gasteiger partial charge >= 0.3 is 0 Å². The van der Waals surface area contributed by atoms with Gasteiger partial charge in [-0.05, 0) is 30.3 Å². The summed E-state index contributed by atoms with van der Waals surface area (Å²) in [5.74, 6) is -1.51. The summed E-state index contributed by atoms with van der Waals surface area (Å²) in [5, 5.41) is 3.24. The number of anilines is 2. The Hall–Kier alpha value is -2.11. The van der Waals surface area contributed by atoms with E-state index in [0.717, 1.165) is 4.90 Å².